The van der Waals surface area contributed by atoms with E-state index in [-0.39, 0.29) is 6.42 Å². The maximum absolute atomic E-state index is 11.6. The molecule has 0 aliphatic carbocycles. The summed E-state index contributed by atoms with van der Waals surface area (Å²) in [7, 11) is 0. The monoisotopic (exact) mass is 293 g/mol. The summed E-state index contributed by atoms with van der Waals surface area (Å²) in [6.45, 7) is 1.99. The largest absolute Gasteiger partial charge is 0.370 e. The Morgan fingerprint density at radius 1 is 1.35 bits per heavy atom. The lowest BCUT2D eigenvalue weighted by molar-refractivity contribution is -0.506. The molecule has 7 heteroatoms. The first-order valence-electron chi connectivity index (χ1n) is 6.55. The van der Waals surface area contributed by atoms with E-state index in [1.807, 2.05) is 30.0 Å². The first-order valence-corrected chi connectivity index (χ1v) is 7.70. The number of fused-ring (bicyclic) bond motifs is 1. The number of anilines is 2. The molecular formula is C13H15N3O3S. The van der Waals surface area contributed by atoms with E-state index in [2.05, 4.69) is 10.2 Å². The number of amides is 1. The fourth-order valence-corrected chi connectivity index (χ4v) is 3.48. The predicted octanol–water partition coefficient (Wildman–Crippen LogP) is 1.38. The van der Waals surface area contributed by atoms with Crippen LogP contribution in [0.2, 0.25) is 0 Å². The number of carbonyl (C=O) groups excluding carboxylic acids is 1. The molecule has 1 amide bonds. The first kappa shape index (κ1) is 13.2. The minimum Gasteiger partial charge on any atom is -0.370 e. The average Bonchev–Trinajstić information content (AvgIpc) is 2.47. The molecule has 0 bridgehead atoms. The highest BCUT2D eigenvalue weighted by Gasteiger charge is 2.35. The van der Waals surface area contributed by atoms with Crippen molar-refractivity contribution in [1.29, 1.82) is 0 Å². The molecule has 20 heavy (non-hydrogen) atoms. The Kier molecular flexibility index (Phi) is 3.52. The molecule has 0 spiro atoms. The smallest absolute Gasteiger partial charge is 0.299 e. The number of thioether (sulfide) groups is 1. The zero-order valence-electron chi connectivity index (χ0n) is 10.9. The third kappa shape index (κ3) is 2.45. The quantitative estimate of drug-likeness (QED) is 0.658. The molecule has 1 fully saturated rings. The molecule has 106 valence electrons. The van der Waals surface area contributed by atoms with Crippen LogP contribution in [0.25, 0.3) is 0 Å². The fourth-order valence-electron chi connectivity index (χ4n) is 2.58. The van der Waals surface area contributed by atoms with Crippen LogP contribution in [0.5, 0.6) is 0 Å². The molecule has 1 atom stereocenters. The highest BCUT2D eigenvalue weighted by Crippen LogP contribution is 2.29. The first-order chi connectivity index (χ1) is 9.65. The van der Waals surface area contributed by atoms with Crippen molar-refractivity contribution in [3.8, 4) is 0 Å². The summed E-state index contributed by atoms with van der Waals surface area (Å²) in [6, 6.07) is 4.62. The number of nitrogens with zero attached hydrogens (tertiary/aromatic N) is 2. The molecule has 2 aliphatic rings. The summed E-state index contributed by atoms with van der Waals surface area (Å²) in [5.41, 5.74) is 2.63. The molecule has 2 heterocycles. The van der Waals surface area contributed by atoms with Crippen LogP contribution in [-0.2, 0) is 11.2 Å². The van der Waals surface area contributed by atoms with Crippen LogP contribution in [0.3, 0.4) is 0 Å². The number of nitro groups is 1. The molecule has 2 aliphatic heterocycles. The maximum Gasteiger partial charge on any atom is 0.299 e. The minimum atomic E-state index is -1.17. The normalized spacial score (nSPS) is 22.1. The number of hydrogen-bond acceptors (Lipinski definition) is 5. The lowest BCUT2D eigenvalue weighted by Gasteiger charge is -2.30. The summed E-state index contributed by atoms with van der Waals surface area (Å²) in [5, 5.41) is 13.5. The predicted molar refractivity (Wildman–Crippen MR) is 79.1 cm³/mol. The molecule has 1 aromatic rings. The Bertz CT molecular complexity index is 558. The SMILES string of the molecule is O=C1Nc2ccc(N3CCSCC3)cc2CC1[N+](=O)[O-]. The number of hydrogen-bond donors (Lipinski definition) is 1. The number of nitrogens with one attached hydrogen (secondary N) is 1. The van der Waals surface area contributed by atoms with Crippen LogP contribution >= 0.6 is 11.8 Å². The van der Waals surface area contributed by atoms with Crippen LogP contribution in [0.4, 0.5) is 11.4 Å². The number of benzene rings is 1. The van der Waals surface area contributed by atoms with Crippen molar-refractivity contribution in [3.63, 3.8) is 0 Å². The Morgan fingerprint density at radius 2 is 2.10 bits per heavy atom. The summed E-state index contributed by atoms with van der Waals surface area (Å²) in [4.78, 5) is 24.3. The second-order valence-electron chi connectivity index (χ2n) is 4.94. The van der Waals surface area contributed by atoms with Crippen LogP contribution < -0.4 is 10.2 Å². The Hall–Kier alpha value is -1.76. The average molecular weight is 293 g/mol. The Morgan fingerprint density at radius 3 is 2.80 bits per heavy atom. The van der Waals surface area contributed by atoms with Crippen molar-refractivity contribution >= 4 is 29.0 Å². The van der Waals surface area contributed by atoms with Gasteiger partial charge in [-0.1, -0.05) is 0 Å². The zero-order chi connectivity index (χ0) is 14.1. The van der Waals surface area contributed by atoms with Crippen molar-refractivity contribution < 1.29 is 9.72 Å². The number of rotatable bonds is 2. The highest BCUT2D eigenvalue weighted by atomic mass is 32.2. The van der Waals surface area contributed by atoms with Crippen molar-refractivity contribution in [3.05, 3.63) is 33.9 Å². The Balaban J connectivity index is 1.87. The lowest BCUT2D eigenvalue weighted by atomic mass is 9.98. The van der Waals surface area contributed by atoms with Gasteiger partial charge in [-0.25, -0.2) is 0 Å². The fraction of sp³-hybridized carbons (Fsp3) is 0.462. The van der Waals surface area contributed by atoms with E-state index in [0.29, 0.717) is 5.69 Å². The van der Waals surface area contributed by atoms with Crippen LogP contribution in [0, 0.1) is 10.1 Å². The minimum absolute atomic E-state index is 0.171. The van der Waals surface area contributed by atoms with Gasteiger partial charge in [0.15, 0.2) is 0 Å². The van der Waals surface area contributed by atoms with E-state index in [0.717, 1.165) is 35.8 Å². The van der Waals surface area contributed by atoms with Gasteiger partial charge in [0.2, 0.25) is 0 Å². The van der Waals surface area contributed by atoms with Gasteiger partial charge in [0.25, 0.3) is 11.9 Å². The Labute approximate surface area is 120 Å². The van der Waals surface area contributed by atoms with E-state index in [4.69, 9.17) is 0 Å². The molecule has 0 saturated carbocycles. The van der Waals surface area contributed by atoms with Crippen molar-refractivity contribution in [1.82, 2.24) is 0 Å². The summed E-state index contributed by atoms with van der Waals surface area (Å²) >= 11 is 1.94. The van der Waals surface area contributed by atoms with Crippen LogP contribution in [0.1, 0.15) is 5.56 Å². The van der Waals surface area contributed by atoms with Gasteiger partial charge in [-0.05, 0) is 23.8 Å². The molecule has 1 unspecified atom stereocenters. The van der Waals surface area contributed by atoms with Crippen LogP contribution in [0.15, 0.2) is 18.2 Å². The number of carbonyl (C=O) groups is 1. The van der Waals surface area contributed by atoms with Gasteiger partial charge >= 0.3 is 0 Å². The third-order valence-electron chi connectivity index (χ3n) is 3.69. The zero-order valence-corrected chi connectivity index (χ0v) is 11.7. The summed E-state index contributed by atoms with van der Waals surface area (Å²) in [5.74, 6) is 1.68. The second-order valence-corrected chi connectivity index (χ2v) is 6.16. The van der Waals surface area contributed by atoms with E-state index in [1.165, 1.54) is 0 Å². The molecule has 1 aromatic carbocycles. The van der Waals surface area contributed by atoms with Crippen molar-refractivity contribution in [2.45, 2.75) is 12.5 Å². The second kappa shape index (κ2) is 5.32. The highest BCUT2D eigenvalue weighted by molar-refractivity contribution is 7.99. The van der Waals surface area contributed by atoms with Gasteiger partial charge in [0.05, 0.1) is 6.42 Å². The molecular weight excluding hydrogens is 278 g/mol. The van der Waals surface area contributed by atoms with E-state index in [1.54, 1.807) is 0 Å². The van der Waals surface area contributed by atoms with Gasteiger partial charge < -0.3 is 10.2 Å². The molecule has 0 aromatic heterocycles. The third-order valence-corrected chi connectivity index (χ3v) is 4.64. The van der Waals surface area contributed by atoms with Gasteiger partial charge in [0, 0.05) is 40.9 Å². The maximum atomic E-state index is 11.6. The molecule has 0 radical (unpaired) electrons. The van der Waals surface area contributed by atoms with Gasteiger partial charge in [0.1, 0.15) is 0 Å². The van der Waals surface area contributed by atoms with E-state index < -0.39 is 16.9 Å². The summed E-state index contributed by atoms with van der Waals surface area (Å²) < 4.78 is 0. The molecule has 1 N–H and O–H groups in total. The van der Waals surface area contributed by atoms with Crippen molar-refractivity contribution in [2.75, 3.05) is 34.8 Å². The topological polar surface area (TPSA) is 75.5 Å². The molecule has 6 nitrogen and oxygen atoms in total. The van der Waals surface area contributed by atoms with Gasteiger partial charge in [-0.2, -0.15) is 11.8 Å². The molecule has 3 rings (SSSR count). The van der Waals surface area contributed by atoms with E-state index >= 15 is 0 Å². The van der Waals surface area contributed by atoms with Crippen molar-refractivity contribution in [2.24, 2.45) is 0 Å². The van der Waals surface area contributed by atoms with Gasteiger partial charge in [-0.15, -0.1) is 0 Å². The van der Waals surface area contributed by atoms with E-state index in [9.17, 15) is 14.9 Å². The standard InChI is InChI=1S/C13H15N3O3S/c17-13-12(16(18)19)8-9-7-10(1-2-11(9)14-13)15-3-5-20-6-4-15/h1-2,7,12H,3-6,8H2,(H,14,17). The van der Waals surface area contributed by atoms with Gasteiger partial charge in [-0.3, -0.25) is 14.9 Å². The molecule has 1 saturated heterocycles. The summed E-state index contributed by atoms with van der Waals surface area (Å²) in [6.07, 6.45) is 0.171. The van der Waals surface area contributed by atoms with Crippen LogP contribution in [-0.4, -0.2) is 41.5 Å². The lowest BCUT2D eigenvalue weighted by Crippen LogP contribution is -2.40.